The van der Waals surface area contributed by atoms with Crippen LogP contribution in [0.3, 0.4) is 0 Å². The number of piperidine rings is 1. The normalized spacial score (nSPS) is 16.8. The molecule has 0 radical (unpaired) electrons. The fourth-order valence-electron chi connectivity index (χ4n) is 4.94. The van der Waals surface area contributed by atoms with Gasteiger partial charge in [0.25, 0.3) is 5.91 Å². The van der Waals surface area contributed by atoms with Gasteiger partial charge in [-0.25, -0.2) is 9.50 Å². The van der Waals surface area contributed by atoms with Crippen molar-refractivity contribution in [2.24, 2.45) is 5.92 Å². The molecule has 1 aliphatic heterocycles. The number of pyridine rings is 1. The number of amides is 2. The largest absolute Gasteiger partial charge is 0.342 e. The number of carbonyl (C=O) groups is 2. The van der Waals surface area contributed by atoms with Crippen LogP contribution in [0.15, 0.2) is 42.4 Å². The van der Waals surface area contributed by atoms with Crippen molar-refractivity contribution in [3.05, 3.63) is 64.1 Å². The van der Waals surface area contributed by atoms with E-state index in [2.05, 4.69) is 21.5 Å². The molecule has 2 aliphatic rings. The zero-order chi connectivity index (χ0) is 23.7. The maximum Gasteiger partial charge on any atom is 0.255 e. The molecule has 5 rings (SSSR count). The average Bonchev–Trinajstić information content (AvgIpc) is 3.54. The van der Waals surface area contributed by atoms with Crippen molar-refractivity contribution in [2.75, 3.05) is 18.4 Å². The second kappa shape index (κ2) is 9.58. The maximum atomic E-state index is 12.9. The third-order valence-electron chi connectivity index (χ3n) is 6.99. The summed E-state index contributed by atoms with van der Waals surface area (Å²) in [5.41, 5.74) is 5.03. The molecule has 2 amide bonds. The Morgan fingerprint density at radius 1 is 1.15 bits per heavy atom. The lowest BCUT2D eigenvalue weighted by atomic mass is 9.96. The topological polar surface area (TPSA) is 79.6 Å². The predicted octanol–water partition coefficient (Wildman–Crippen LogP) is 5.14. The van der Waals surface area contributed by atoms with Crippen molar-refractivity contribution in [1.82, 2.24) is 19.5 Å². The highest BCUT2D eigenvalue weighted by Gasteiger charge is 2.28. The number of benzene rings is 1. The van der Waals surface area contributed by atoms with E-state index in [0.29, 0.717) is 27.8 Å². The highest BCUT2D eigenvalue weighted by atomic mass is 35.5. The van der Waals surface area contributed by atoms with Gasteiger partial charge in [0.15, 0.2) is 5.65 Å². The van der Waals surface area contributed by atoms with E-state index < -0.39 is 0 Å². The summed E-state index contributed by atoms with van der Waals surface area (Å²) in [4.78, 5) is 31.8. The van der Waals surface area contributed by atoms with Crippen LogP contribution in [-0.2, 0) is 4.79 Å². The molecule has 0 bridgehead atoms. The Bertz CT molecular complexity index is 1270. The third kappa shape index (κ3) is 4.71. The predicted molar refractivity (Wildman–Crippen MR) is 133 cm³/mol. The number of fused-ring (bicyclic) bond motifs is 1. The molecular formula is C26H28ClN5O2. The van der Waals surface area contributed by atoms with Crippen molar-refractivity contribution in [2.45, 2.75) is 45.4 Å². The van der Waals surface area contributed by atoms with Crippen molar-refractivity contribution >= 4 is 40.8 Å². The second-order valence-corrected chi connectivity index (χ2v) is 9.65. The molecule has 1 saturated heterocycles. The first-order valence-corrected chi connectivity index (χ1v) is 12.2. The first-order chi connectivity index (χ1) is 16.5. The van der Waals surface area contributed by atoms with Crippen LogP contribution in [0, 0.1) is 12.8 Å². The lowest BCUT2D eigenvalue weighted by Gasteiger charge is -2.30. The summed E-state index contributed by atoms with van der Waals surface area (Å²) in [5, 5.41) is 7.61. The highest BCUT2D eigenvalue weighted by molar-refractivity contribution is 6.31. The number of hydrogen-bond donors (Lipinski definition) is 1. The van der Waals surface area contributed by atoms with Crippen molar-refractivity contribution in [1.29, 1.82) is 0 Å². The van der Waals surface area contributed by atoms with E-state index in [1.54, 1.807) is 28.9 Å². The molecule has 34 heavy (non-hydrogen) atoms. The first-order valence-electron chi connectivity index (χ1n) is 11.9. The molecule has 1 aromatic carbocycles. The van der Waals surface area contributed by atoms with E-state index in [0.717, 1.165) is 49.9 Å². The van der Waals surface area contributed by atoms with Crippen molar-refractivity contribution in [3.63, 3.8) is 0 Å². The number of carbonyl (C=O) groups excluding carboxylic acids is 2. The standard InChI is InChI=1S/C26H28ClN5O2/c1-17-21(12-18-6-9-31(10-7-18)26(34)19-4-2-3-5-19)13-22(27)15-23(17)30-25(33)20-8-11-32-24(14-20)28-16-29-32/h8,11-16,19H,2-7,9-10H2,1H3,(H,30,33). The number of likely N-dealkylation sites (tertiary alicyclic amines) is 1. The Morgan fingerprint density at radius 2 is 1.91 bits per heavy atom. The first kappa shape index (κ1) is 22.6. The van der Waals surface area contributed by atoms with Crippen LogP contribution in [0.5, 0.6) is 0 Å². The van der Waals surface area contributed by atoms with E-state index in [1.807, 2.05) is 17.9 Å². The van der Waals surface area contributed by atoms with Gasteiger partial charge in [0.05, 0.1) is 0 Å². The summed E-state index contributed by atoms with van der Waals surface area (Å²) in [7, 11) is 0. The fourth-order valence-corrected chi connectivity index (χ4v) is 5.17. The number of anilines is 1. The fraction of sp³-hybridized carbons (Fsp3) is 0.385. The molecule has 0 spiro atoms. The highest BCUT2D eigenvalue weighted by Crippen LogP contribution is 2.31. The smallest absolute Gasteiger partial charge is 0.255 e. The van der Waals surface area contributed by atoms with Gasteiger partial charge >= 0.3 is 0 Å². The number of nitrogens with one attached hydrogen (secondary N) is 1. The molecule has 176 valence electrons. The zero-order valence-electron chi connectivity index (χ0n) is 19.3. The van der Waals surface area contributed by atoms with Gasteiger partial charge < -0.3 is 10.2 Å². The summed E-state index contributed by atoms with van der Waals surface area (Å²) in [6.45, 7) is 3.53. The molecule has 1 saturated carbocycles. The minimum atomic E-state index is -0.229. The molecule has 3 heterocycles. The van der Waals surface area contributed by atoms with Crippen LogP contribution in [0.1, 0.15) is 60.0 Å². The number of rotatable bonds is 4. The monoisotopic (exact) mass is 477 g/mol. The van der Waals surface area contributed by atoms with Gasteiger partial charge in [-0.3, -0.25) is 9.59 Å². The Labute approximate surface area is 203 Å². The molecule has 3 aromatic rings. The summed E-state index contributed by atoms with van der Waals surface area (Å²) < 4.78 is 1.61. The van der Waals surface area contributed by atoms with Crippen LogP contribution in [0.25, 0.3) is 11.7 Å². The minimum Gasteiger partial charge on any atom is -0.342 e. The molecule has 2 fully saturated rings. The molecule has 1 aliphatic carbocycles. The van der Waals surface area contributed by atoms with E-state index in [1.165, 1.54) is 24.7 Å². The minimum absolute atomic E-state index is 0.229. The Morgan fingerprint density at radius 3 is 2.68 bits per heavy atom. The molecule has 0 unspecified atom stereocenters. The van der Waals surface area contributed by atoms with Crippen LogP contribution >= 0.6 is 11.6 Å². The van der Waals surface area contributed by atoms with Gasteiger partial charge in [0.2, 0.25) is 5.91 Å². The molecule has 2 aromatic heterocycles. The average molecular weight is 478 g/mol. The van der Waals surface area contributed by atoms with E-state index in [-0.39, 0.29) is 11.8 Å². The van der Waals surface area contributed by atoms with Crippen LogP contribution in [0.4, 0.5) is 5.69 Å². The van der Waals surface area contributed by atoms with Gasteiger partial charge in [-0.1, -0.05) is 36.1 Å². The number of halogens is 1. The Kier molecular flexibility index (Phi) is 6.37. The summed E-state index contributed by atoms with van der Waals surface area (Å²) in [6.07, 6.45) is 11.5. The zero-order valence-corrected chi connectivity index (χ0v) is 20.0. The van der Waals surface area contributed by atoms with Gasteiger partial charge in [-0.05, 0) is 68.0 Å². The van der Waals surface area contributed by atoms with Crippen molar-refractivity contribution in [3.8, 4) is 0 Å². The lowest BCUT2D eigenvalue weighted by Crippen LogP contribution is -2.39. The summed E-state index contributed by atoms with van der Waals surface area (Å²) >= 11 is 6.41. The van der Waals surface area contributed by atoms with Gasteiger partial charge in [-0.15, -0.1) is 0 Å². The number of nitrogens with zero attached hydrogens (tertiary/aromatic N) is 4. The SMILES string of the molecule is Cc1c(C=C2CCN(C(=O)C3CCCC3)CC2)cc(Cl)cc1NC(=O)c1ccn2ncnc2c1. The molecule has 1 N–H and O–H groups in total. The third-order valence-corrected chi connectivity index (χ3v) is 7.20. The lowest BCUT2D eigenvalue weighted by molar-refractivity contribution is -0.135. The van der Waals surface area contributed by atoms with Crippen LogP contribution in [0.2, 0.25) is 5.02 Å². The molecule has 7 nitrogen and oxygen atoms in total. The van der Waals surface area contributed by atoms with E-state index in [9.17, 15) is 9.59 Å². The van der Waals surface area contributed by atoms with Crippen molar-refractivity contribution < 1.29 is 9.59 Å². The van der Waals surface area contributed by atoms with E-state index in [4.69, 9.17) is 11.6 Å². The van der Waals surface area contributed by atoms with Gasteiger partial charge in [0.1, 0.15) is 6.33 Å². The molecular weight excluding hydrogens is 450 g/mol. The van der Waals surface area contributed by atoms with Crippen LogP contribution in [-0.4, -0.2) is 44.4 Å². The Hall–Kier alpha value is -3.19. The number of aromatic nitrogens is 3. The van der Waals surface area contributed by atoms with Crippen LogP contribution < -0.4 is 5.32 Å². The quantitative estimate of drug-likeness (QED) is 0.564. The van der Waals surface area contributed by atoms with E-state index >= 15 is 0 Å². The van der Waals surface area contributed by atoms with Gasteiger partial charge in [-0.2, -0.15) is 5.10 Å². The molecule has 0 atom stereocenters. The maximum absolute atomic E-state index is 12.9. The Balaban J connectivity index is 1.29. The van der Waals surface area contributed by atoms with Gasteiger partial charge in [0, 0.05) is 41.5 Å². The number of hydrogen-bond acceptors (Lipinski definition) is 4. The summed E-state index contributed by atoms with van der Waals surface area (Å²) in [6, 6.07) is 7.11. The second-order valence-electron chi connectivity index (χ2n) is 9.21. The summed E-state index contributed by atoms with van der Waals surface area (Å²) in [5.74, 6) is 0.343. The molecule has 8 heteroatoms.